The van der Waals surface area contributed by atoms with Crippen molar-refractivity contribution < 1.29 is 19.4 Å². The van der Waals surface area contributed by atoms with Crippen LogP contribution in [0.3, 0.4) is 0 Å². The van der Waals surface area contributed by atoms with Crippen molar-refractivity contribution in [2.75, 3.05) is 6.79 Å². The largest absolute Gasteiger partial charge is 0.453 e. The number of aliphatic hydroxyl groups is 1. The van der Waals surface area contributed by atoms with Gasteiger partial charge in [0.25, 0.3) is 0 Å². The fourth-order valence-electron chi connectivity index (χ4n) is 1.35. The Labute approximate surface area is 88.6 Å². The SMILES string of the molecule is O=Cc1cc(Br)c(CO)c2c1OCO2. The van der Waals surface area contributed by atoms with Gasteiger partial charge in [-0.1, -0.05) is 15.9 Å². The fraction of sp³-hybridized carbons (Fsp3) is 0.222. The van der Waals surface area contributed by atoms with Gasteiger partial charge in [0, 0.05) is 10.0 Å². The smallest absolute Gasteiger partial charge is 0.231 e. The Balaban J connectivity index is 2.67. The van der Waals surface area contributed by atoms with Crippen molar-refractivity contribution in [2.24, 2.45) is 0 Å². The standard InChI is InChI=1S/C9H7BrO4/c10-7-1-5(2-11)8-9(6(7)3-12)14-4-13-8/h1-2,12H,3-4H2. The first-order chi connectivity index (χ1) is 6.77. The summed E-state index contributed by atoms with van der Waals surface area (Å²) in [5.41, 5.74) is 1.02. The fourth-order valence-corrected chi connectivity index (χ4v) is 1.90. The van der Waals surface area contributed by atoms with Gasteiger partial charge in [0.05, 0.1) is 12.2 Å². The quantitative estimate of drug-likeness (QED) is 0.817. The lowest BCUT2D eigenvalue weighted by atomic mass is 10.1. The zero-order valence-corrected chi connectivity index (χ0v) is 8.70. The molecule has 0 aromatic heterocycles. The molecule has 1 aromatic carbocycles. The van der Waals surface area contributed by atoms with Crippen molar-refractivity contribution in [3.05, 3.63) is 21.7 Å². The molecule has 2 rings (SSSR count). The van der Waals surface area contributed by atoms with Crippen LogP contribution in [-0.4, -0.2) is 18.2 Å². The summed E-state index contributed by atoms with van der Waals surface area (Å²) in [7, 11) is 0. The van der Waals surface area contributed by atoms with E-state index in [1.807, 2.05) is 0 Å². The number of carbonyl (C=O) groups is 1. The molecule has 0 amide bonds. The third-order valence-electron chi connectivity index (χ3n) is 2.00. The van der Waals surface area contributed by atoms with Crippen LogP contribution in [0.2, 0.25) is 0 Å². The first kappa shape index (κ1) is 9.48. The second kappa shape index (κ2) is 3.59. The van der Waals surface area contributed by atoms with Gasteiger partial charge in [0.2, 0.25) is 6.79 Å². The number of aldehydes is 1. The average molecular weight is 259 g/mol. The monoisotopic (exact) mass is 258 g/mol. The number of rotatable bonds is 2. The summed E-state index contributed by atoms with van der Waals surface area (Å²) in [6, 6.07) is 1.60. The van der Waals surface area contributed by atoms with Crippen LogP contribution in [0.5, 0.6) is 11.5 Å². The molecule has 14 heavy (non-hydrogen) atoms. The molecule has 0 fully saturated rings. The average Bonchev–Trinajstić information content (AvgIpc) is 2.65. The summed E-state index contributed by atoms with van der Waals surface area (Å²) in [4.78, 5) is 10.7. The highest BCUT2D eigenvalue weighted by molar-refractivity contribution is 9.10. The van der Waals surface area contributed by atoms with Crippen molar-refractivity contribution in [1.29, 1.82) is 0 Å². The van der Waals surface area contributed by atoms with Crippen molar-refractivity contribution in [3.8, 4) is 11.5 Å². The highest BCUT2D eigenvalue weighted by Crippen LogP contribution is 2.42. The number of aliphatic hydroxyl groups excluding tert-OH is 1. The minimum Gasteiger partial charge on any atom is -0.453 e. The molecule has 74 valence electrons. The van der Waals surface area contributed by atoms with Gasteiger partial charge in [0.1, 0.15) is 0 Å². The summed E-state index contributed by atoms with van der Waals surface area (Å²) < 4.78 is 11.0. The topological polar surface area (TPSA) is 55.8 Å². The molecule has 0 radical (unpaired) electrons. The van der Waals surface area contributed by atoms with E-state index in [0.717, 1.165) is 0 Å². The Morgan fingerprint density at radius 1 is 1.50 bits per heavy atom. The van der Waals surface area contributed by atoms with Gasteiger partial charge < -0.3 is 14.6 Å². The molecule has 5 heteroatoms. The number of hydrogen-bond donors (Lipinski definition) is 1. The van der Waals surface area contributed by atoms with Gasteiger partial charge in [-0.3, -0.25) is 4.79 Å². The van der Waals surface area contributed by atoms with Crippen LogP contribution in [-0.2, 0) is 6.61 Å². The molecule has 1 aromatic rings. The molecule has 1 N–H and O–H groups in total. The lowest BCUT2D eigenvalue weighted by Crippen LogP contribution is -1.94. The molecule has 4 nitrogen and oxygen atoms in total. The molecule has 1 aliphatic heterocycles. The number of ether oxygens (including phenoxy) is 2. The maximum Gasteiger partial charge on any atom is 0.231 e. The minimum atomic E-state index is -0.161. The van der Waals surface area contributed by atoms with Crippen LogP contribution in [0.15, 0.2) is 10.5 Å². The molecule has 0 bridgehead atoms. The van der Waals surface area contributed by atoms with Crippen LogP contribution < -0.4 is 9.47 Å². The number of fused-ring (bicyclic) bond motifs is 1. The Hall–Kier alpha value is -1.07. The van der Waals surface area contributed by atoms with E-state index in [1.165, 1.54) is 0 Å². The second-order valence-corrected chi connectivity index (χ2v) is 3.62. The summed E-state index contributed by atoms with van der Waals surface area (Å²) in [5.74, 6) is 0.858. The van der Waals surface area contributed by atoms with E-state index in [0.29, 0.717) is 33.4 Å². The molecule has 1 heterocycles. The maximum absolute atomic E-state index is 10.7. The number of hydrogen-bond acceptors (Lipinski definition) is 4. The third-order valence-corrected chi connectivity index (χ3v) is 2.71. The molecule has 1 aliphatic rings. The summed E-state index contributed by atoms with van der Waals surface area (Å²) in [6.45, 7) is -0.0783. The minimum absolute atomic E-state index is 0.0830. The van der Waals surface area contributed by atoms with Crippen LogP contribution in [0, 0.1) is 0 Å². The number of benzene rings is 1. The molecular weight excluding hydrogens is 252 g/mol. The first-order valence-electron chi connectivity index (χ1n) is 3.95. The van der Waals surface area contributed by atoms with E-state index in [1.54, 1.807) is 6.07 Å². The van der Waals surface area contributed by atoms with Crippen molar-refractivity contribution in [2.45, 2.75) is 6.61 Å². The van der Waals surface area contributed by atoms with E-state index < -0.39 is 0 Å². The van der Waals surface area contributed by atoms with Gasteiger partial charge in [-0.05, 0) is 6.07 Å². The van der Waals surface area contributed by atoms with Gasteiger partial charge >= 0.3 is 0 Å². The summed E-state index contributed by atoms with van der Waals surface area (Å²) >= 11 is 3.25. The highest BCUT2D eigenvalue weighted by atomic mass is 79.9. The number of halogens is 1. The molecule has 0 atom stereocenters. The van der Waals surface area contributed by atoms with Crippen LogP contribution >= 0.6 is 15.9 Å². The van der Waals surface area contributed by atoms with Crippen LogP contribution in [0.25, 0.3) is 0 Å². The van der Waals surface area contributed by atoms with E-state index in [-0.39, 0.29) is 13.4 Å². The lowest BCUT2D eigenvalue weighted by Gasteiger charge is -2.06. The number of carbonyl (C=O) groups excluding carboxylic acids is 1. The van der Waals surface area contributed by atoms with Crippen LogP contribution in [0.1, 0.15) is 15.9 Å². The van der Waals surface area contributed by atoms with Crippen molar-refractivity contribution in [3.63, 3.8) is 0 Å². The highest BCUT2D eigenvalue weighted by Gasteiger charge is 2.23. The molecule has 0 saturated heterocycles. The Kier molecular flexibility index (Phi) is 2.43. The molecule has 0 saturated carbocycles. The zero-order valence-electron chi connectivity index (χ0n) is 7.12. The lowest BCUT2D eigenvalue weighted by molar-refractivity contribution is 0.111. The second-order valence-electron chi connectivity index (χ2n) is 2.77. The Bertz CT molecular complexity index is 389. The third kappa shape index (κ3) is 1.29. The first-order valence-corrected chi connectivity index (χ1v) is 4.74. The Morgan fingerprint density at radius 2 is 2.21 bits per heavy atom. The van der Waals surface area contributed by atoms with Crippen molar-refractivity contribution in [1.82, 2.24) is 0 Å². The molecular formula is C9H7BrO4. The Morgan fingerprint density at radius 3 is 2.86 bits per heavy atom. The van der Waals surface area contributed by atoms with Gasteiger partial charge in [-0.2, -0.15) is 0 Å². The van der Waals surface area contributed by atoms with E-state index in [9.17, 15) is 4.79 Å². The van der Waals surface area contributed by atoms with Crippen LogP contribution in [0.4, 0.5) is 0 Å². The summed E-state index contributed by atoms with van der Waals surface area (Å²) in [5, 5.41) is 9.09. The molecule has 0 aliphatic carbocycles. The normalized spacial score (nSPS) is 13.0. The van der Waals surface area contributed by atoms with Crippen molar-refractivity contribution >= 4 is 22.2 Å². The maximum atomic E-state index is 10.7. The predicted molar refractivity (Wildman–Crippen MR) is 51.6 cm³/mol. The van der Waals surface area contributed by atoms with E-state index in [2.05, 4.69) is 15.9 Å². The van der Waals surface area contributed by atoms with Gasteiger partial charge in [-0.25, -0.2) is 0 Å². The van der Waals surface area contributed by atoms with Gasteiger partial charge in [-0.15, -0.1) is 0 Å². The molecule has 0 unspecified atom stereocenters. The predicted octanol–water partition coefficient (Wildman–Crippen LogP) is 1.48. The van der Waals surface area contributed by atoms with E-state index >= 15 is 0 Å². The zero-order chi connectivity index (χ0) is 10.1. The summed E-state index contributed by atoms with van der Waals surface area (Å²) in [6.07, 6.45) is 0.694. The molecule has 0 spiro atoms. The van der Waals surface area contributed by atoms with Gasteiger partial charge in [0.15, 0.2) is 17.8 Å². The van der Waals surface area contributed by atoms with E-state index in [4.69, 9.17) is 14.6 Å².